The highest BCUT2D eigenvalue weighted by atomic mass is 79.9. The van der Waals surface area contributed by atoms with E-state index in [-0.39, 0.29) is 21.2 Å². The molecule has 2 N–H and O–H groups in total. The summed E-state index contributed by atoms with van der Waals surface area (Å²) in [5, 5.41) is 15.8. The van der Waals surface area contributed by atoms with Crippen LogP contribution in [0.25, 0.3) is 16.5 Å². The van der Waals surface area contributed by atoms with E-state index in [9.17, 15) is 18.3 Å². The molecule has 0 saturated heterocycles. The van der Waals surface area contributed by atoms with E-state index in [1.54, 1.807) is 60.7 Å². The number of nitrogens with zero attached hydrogens (tertiary/aromatic N) is 2. The van der Waals surface area contributed by atoms with Crippen molar-refractivity contribution in [2.75, 3.05) is 0 Å². The fourth-order valence-electron chi connectivity index (χ4n) is 3.17. The molecule has 1 aromatic heterocycles. The molecule has 7 nitrogen and oxygen atoms in total. The predicted molar refractivity (Wildman–Crippen MR) is 128 cm³/mol. The Balaban J connectivity index is 1.83. The summed E-state index contributed by atoms with van der Waals surface area (Å²) < 4.78 is 26.8. The molecule has 4 aromatic rings. The normalized spacial score (nSPS) is 11.8. The zero-order valence-electron chi connectivity index (χ0n) is 16.2. The number of para-hydroxylation sites is 1. The predicted octanol–water partition coefficient (Wildman–Crippen LogP) is 4.42. The maximum Gasteiger partial charge on any atom is 0.276 e. The number of hydrogen-bond acceptors (Lipinski definition) is 5. The van der Waals surface area contributed by atoms with Crippen LogP contribution in [-0.4, -0.2) is 24.3 Å². The van der Waals surface area contributed by atoms with E-state index < -0.39 is 21.5 Å². The van der Waals surface area contributed by atoms with Gasteiger partial charge in [-0.3, -0.25) is 4.79 Å². The number of benzene rings is 3. The van der Waals surface area contributed by atoms with Crippen LogP contribution < -0.4 is 10.4 Å². The summed E-state index contributed by atoms with van der Waals surface area (Å²) >= 11 is 9.50. The molecule has 162 valence electrons. The molecule has 0 aliphatic heterocycles. The third-order valence-corrected chi connectivity index (χ3v) is 6.77. The second-order valence-electron chi connectivity index (χ2n) is 6.68. The lowest BCUT2D eigenvalue weighted by atomic mass is 10.1. The first-order valence-electron chi connectivity index (χ1n) is 9.21. The number of aromatic hydroxyl groups is 1. The Morgan fingerprint density at radius 3 is 2.28 bits per heavy atom. The third kappa shape index (κ3) is 4.14. The van der Waals surface area contributed by atoms with E-state index in [0.29, 0.717) is 10.8 Å². The summed E-state index contributed by atoms with van der Waals surface area (Å²) in [7, 11) is -3.93. The second-order valence-corrected chi connectivity index (χ2v) is 9.67. The lowest BCUT2D eigenvalue weighted by Gasteiger charge is -2.14. The Labute approximate surface area is 196 Å². The largest absolute Gasteiger partial charge is 0.494 e. The van der Waals surface area contributed by atoms with Crippen LogP contribution in [0.3, 0.4) is 0 Å². The lowest BCUT2D eigenvalue weighted by molar-refractivity contribution is 0.436. The summed E-state index contributed by atoms with van der Waals surface area (Å²) in [6.07, 6.45) is 1.15. The number of hydrogen-bond donors (Lipinski definition) is 2. The SMILES string of the molecule is O=c1c2ccccc2c(/C=N\NS(=O)(=O)c2ccc(Br)cc2)c(O)n1-c1ccccc1Cl. The molecule has 0 spiro atoms. The minimum absolute atomic E-state index is 0.0213. The van der Waals surface area contributed by atoms with Gasteiger partial charge < -0.3 is 5.11 Å². The fourth-order valence-corrected chi connectivity index (χ4v) is 4.45. The molecule has 0 aliphatic rings. The van der Waals surface area contributed by atoms with Crippen LogP contribution in [-0.2, 0) is 10.0 Å². The molecule has 10 heteroatoms. The van der Waals surface area contributed by atoms with E-state index >= 15 is 0 Å². The number of halogens is 2. The van der Waals surface area contributed by atoms with Crippen LogP contribution in [0.15, 0.2) is 92.1 Å². The van der Waals surface area contributed by atoms with Crippen molar-refractivity contribution >= 4 is 54.5 Å². The van der Waals surface area contributed by atoms with E-state index in [0.717, 1.165) is 15.3 Å². The quantitative estimate of drug-likeness (QED) is 0.293. The van der Waals surface area contributed by atoms with Crippen LogP contribution in [0.5, 0.6) is 5.88 Å². The van der Waals surface area contributed by atoms with Gasteiger partial charge in [-0.25, -0.2) is 9.40 Å². The zero-order chi connectivity index (χ0) is 22.9. The van der Waals surface area contributed by atoms with E-state index in [1.807, 2.05) is 0 Å². The molecular weight excluding hydrogens is 518 g/mol. The summed E-state index contributed by atoms with van der Waals surface area (Å²) in [6.45, 7) is 0. The van der Waals surface area contributed by atoms with Crippen LogP contribution >= 0.6 is 27.5 Å². The molecule has 0 unspecified atom stereocenters. The first-order chi connectivity index (χ1) is 15.3. The average Bonchev–Trinajstić information content (AvgIpc) is 2.77. The van der Waals surface area contributed by atoms with Gasteiger partial charge in [0.25, 0.3) is 15.6 Å². The Kier molecular flexibility index (Phi) is 6.05. The van der Waals surface area contributed by atoms with Gasteiger partial charge in [0.15, 0.2) is 0 Å². The van der Waals surface area contributed by atoms with Gasteiger partial charge in [-0.05, 0) is 42.5 Å². The van der Waals surface area contributed by atoms with Gasteiger partial charge >= 0.3 is 0 Å². The highest BCUT2D eigenvalue weighted by molar-refractivity contribution is 9.10. The fraction of sp³-hybridized carbons (Fsp3) is 0. The maximum atomic E-state index is 13.1. The van der Waals surface area contributed by atoms with Crippen molar-refractivity contribution in [3.05, 3.63) is 98.2 Å². The molecule has 0 atom stereocenters. The zero-order valence-corrected chi connectivity index (χ0v) is 19.4. The molecule has 0 fully saturated rings. The Hall–Kier alpha value is -3.14. The van der Waals surface area contributed by atoms with Crippen molar-refractivity contribution in [2.24, 2.45) is 5.10 Å². The molecule has 0 amide bonds. The highest BCUT2D eigenvalue weighted by Gasteiger charge is 2.18. The Bertz CT molecular complexity index is 1520. The second kappa shape index (κ2) is 8.78. The van der Waals surface area contributed by atoms with Crippen LogP contribution in [0.4, 0.5) is 0 Å². The maximum absolute atomic E-state index is 13.1. The Morgan fingerprint density at radius 1 is 0.969 bits per heavy atom. The van der Waals surface area contributed by atoms with Crippen LogP contribution in [0.2, 0.25) is 5.02 Å². The lowest BCUT2D eigenvalue weighted by Crippen LogP contribution is -2.21. The summed E-state index contributed by atoms with van der Waals surface area (Å²) in [5.74, 6) is -0.423. The van der Waals surface area contributed by atoms with Gasteiger partial charge in [0.1, 0.15) is 0 Å². The van der Waals surface area contributed by atoms with Crippen molar-refractivity contribution in [1.82, 2.24) is 9.40 Å². The van der Waals surface area contributed by atoms with Gasteiger partial charge in [-0.15, -0.1) is 0 Å². The van der Waals surface area contributed by atoms with Crippen molar-refractivity contribution in [3.63, 3.8) is 0 Å². The number of fused-ring (bicyclic) bond motifs is 1. The van der Waals surface area contributed by atoms with Crippen molar-refractivity contribution in [1.29, 1.82) is 0 Å². The number of aromatic nitrogens is 1. The molecule has 0 saturated carbocycles. The average molecular weight is 533 g/mol. The van der Waals surface area contributed by atoms with E-state index in [4.69, 9.17) is 11.6 Å². The molecule has 0 aliphatic carbocycles. The first-order valence-corrected chi connectivity index (χ1v) is 11.9. The van der Waals surface area contributed by atoms with Crippen LogP contribution in [0, 0.1) is 0 Å². The van der Waals surface area contributed by atoms with Crippen molar-refractivity contribution < 1.29 is 13.5 Å². The molecule has 32 heavy (non-hydrogen) atoms. The molecular formula is C22H15BrClN3O4S. The van der Waals surface area contributed by atoms with E-state index in [2.05, 4.69) is 25.9 Å². The van der Waals surface area contributed by atoms with Gasteiger partial charge in [0.2, 0.25) is 5.88 Å². The third-order valence-electron chi connectivity index (χ3n) is 4.69. The van der Waals surface area contributed by atoms with Gasteiger partial charge in [0.05, 0.1) is 27.4 Å². The number of nitrogens with one attached hydrogen (secondary N) is 1. The van der Waals surface area contributed by atoms with Gasteiger partial charge in [0, 0.05) is 15.2 Å². The summed E-state index contributed by atoms with van der Waals surface area (Å²) in [6, 6.07) is 19.2. The van der Waals surface area contributed by atoms with Crippen LogP contribution in [0.1, 0.15) is 5.56 Å². The van der Waals surface area contributed by atoms with Crippen molar-refractivity contribution in [2.45, 2.75) is 4.90 Å². The molecule has 4 rings (SSSR count). The number of pyridine rings is 1. The van der Waals surface area contributed by atoms with Gasteiger partial charge in [-0.1, -0.05) is 57.9 Å². The number of hydrazone groups is 1. The van der Waals surface area contributed by atoms with E-state index in [1.165, 1.54) is 12.1 Å². The summed E-state index contributed by atoms with van der Waals surface area (Å²) in [5.41, 5.74) is -0.0371. The highest BCUT2D eigenvalue weighted by Crippen LogP contribution is 2.28. The first kappa shape index (κ1) is 22.1. The summed E-state index contributed by atoms with van der Waals surface area (Å²) in [4.78, 5) is 15.2. The molecule has 3 aromatic carbocycles. The minimum Gasteiger partial charge on any atom is -0.494 e. The van der Waals surface area contributed by atoms with Crippen molar-refractivity contribution in [3.8, 4) is 11.6 Å². The number of sulfonamides is 1. The molecule has 1 heterocycles. The molecule has 0 bridgehead atoms. The smallest absolute Gasteiger partial charge is 0.276 e. The monoisotopic (exact) mass is 531 g/mol. The minimum atomic E-state index is -3.93. The topological polar surface area (TPSA) is 101 Å². The molecule has 0 radical (unpaired) electrons. The Morgan fingerprint density at radius 2 is 1.59 bits per heavy atom. The van der Waals surface area contributed by atoms with Gasteiger partial charge in [-0.2, -0.15) is 13.5 Å². The number of rotatable bonds is 5. The standard InChI is InChI=1S/C22H15BrClN3O4S/c23-14-9-11-15(12-10-14)32(30,31)26-25-13-18-16-5-1-2-6-17(16)21(28)27(22(18)29)20-8-4-3-7-19(20)24/h1-13,26,29H/b25-13-.